The van der Waals surface area contributed by atoms with Crippen molar-refractivity contribution in [3.05, 3.63) is 71.8 Å². The first-order chi connectivity index (χ1) is 12.7. The van der Waals surface area contributed by atoms with Gasteiger partial charge in [-0.25, -0.2) is 9.59 Å². The normalized spacial score (nSPS) is 11.6. The van der Waals surface area contributed by atoms with Crippen LogP contribution in [0.3, 0.4) is 0 Å². The molecule has 0 aliphatic heterocycles. The van der Waals surface area contributed by atoms with Crippen LogP contribution in [-0.2, 0) is 20.0 Å². The van der Waals surface area contributed by atoms with E-state index in [0.717, 1.165) is 6.08 Å². The van der Waals surface area contributed by atoms with Crippen molar-refractivity contribution < 1.29 is 36.6 Å². The molecule has 27 heavy (non-hydrogen) atoms. The quantitative estimate of drug-likeness (QED) is 0.320. The average molecular weight is 390 g/mol. The third kappa shape index (κ3) is 7.55. The molecule has 0 aliphatic carbocycles. The fourth-order valence-electron chi connectivity index (χ4n) is 1.89. The van der Waals surface area contributed by atoms with Crippen LogP contribution in [0, 0.1) is 0 Å². The van der Waals surface area contributed by atoms with Crippen LogP contribution < -0.4 is 8.92 Å². The summed E-state index contributed by atoms with van der Waals surface area (Å²) in [5.41, 5.74) is 1.21. The Morgan fingerprint density at radius 3 is 1.78 bits per heavy atom. The van der Waals surface area contributed by atoms with Crippen molar-refractivity contribution >= 4 is 34.5 Å². The second-order valence-corrected chi connectivity index (χ2v) is 6.10. The molecule has 2 N–H and O–H groups in total. The van der Waals surface area contributed by atoms with E-state index in [9.17, 15) is 18.0 Å². The Labute approximate surface area is 154 Å². The molecule has 2 aromatic carbocycles. The first kappa shape index (κ1) is 19.9. The van der Waals surface area contributed by atoms with E-state index in [1.807, 2.05) is 0 Å². The Hall–Kier alpha value is -3.43. The molecule has 8 nitrogen and oxygen atoms in total. The fourth-order valence-corrected chi connectivity index (χ4v) is 2.24. The van der Waals surface area contributed by atoms with Crippen LogP contribution >= 0.6 is 0 Å². The summed E-state index contributed by atoms with van der Waals surface area (Å²) in [5, 5.41) is 8.56. The zero-order chi connectivity index (χ0) is 19.9. The van der Waals surface area contributed by atoms with Gasteiger partial charge in [0.25, 0.3) is 0 Å². The molecule has 9 heteroatoms. The Morgan fingerprint density at radius 1 is 0.815 bits per heavy atom. The molecule has 0 fully saturated rings. The predicted octanol–water partition coefficient (Wildman–Crippen LogP) is 2.58. The van der Waals surface area contributed by atoms with E-state index in [1.54, 1.807) is 12.1 Å². The zero-order valence-corrected chi connectivity index (χ0v) is 14.5. The summed E-state index contributed by atoms with van der Waals surface area (Å²) in [6.07, 6.45) is 5.03. The van der Waals surface area contributed by atoms with Gasteiger partial charge in [-0.3, -0.25) is 4.55 Å². The lowest BCUT2D eigenvalue weighted by Gasteiger charge is -2.02. The van der Waals surface area contributed by atoms with Crippen molar-refractivity contribution in [1.82, 2.24) is 0 Å². The third-order valence-electron chi connectivity index (χ3n) is 3.01. The molecule has 0 heterocycles. The van der Waals surface area contributed by atoms with Gasteiger partial charge >= 0.3 is 22.3 Å². The highest BCUT2D eigenvalue weighted by Crippen LogP contribution is 2.16. The summed E-state index contributed by atoms with van der Waals surface area (Å²) in [7, 11) is -4.59. The maximum atomic E-state index is 11.8. The minimum absolute atomic E-state index is 0.0748. The lowest BCUT2D eigenvalue weighted by Crippen LogP contribution is -2.06. The van der Waals surface area contributed by atoms with Crippen LogP contribution in [0.25, 0.3) is 12.2 Å². The molecule has 2 rings (SSSR count). The summed E-state index contributed by atoms with van der Waals surface area (Å²) >= 11 is 0. The molecule has 0 aromatic heterocycles. The summed E-state index contributed by atoms with van der Waals surface area (Å²) < 4.78 is 39.1. The lowest BCUT2D eigenvalue weighted by atomic mass is 10.2. The number of benzene rings is 2. The zero-order valence-electron chi connectivity index (χ0n) is 13.7. The maximum absolute atomic E-state index is 11.8. The molecule has 2 aromatic rings. The van der Waals surface area contributed by atoms with Gasteiger partial charge in [0, 0.05) is 12.2 Å². The smallest absolute Gasteiger partial charge is 0.446 e. The molecule has 0 bridgehead atoms. The maximum Gasteiger partial charge on any atom is 0.446 e. The van der Waals surface area contributed by atoms with Gasteiger partial charge in [-0.2, -0.15) is 8.42 Å². The minimum atomic E-state index is -4.59. The Morgan fingerprint density at radius 2 is 1.30 bits per heavy atom. The van der Waals surface area contributed by atoms with E-state index < -0.39 is 22.3 Å². The number of ether oxygens (including phenoxy) is 1. The van der Waals surface area contributed by atoms with Gasteiger partial charge in [-0.1, -0.05) is 24.3 Å². The number of carbonyl (C=O) groups is 2. The van der Waals surface area contributed by atoms with E-state index in [2.05, 4.69) is 4.18 Å². The standard InChI is InChI=1S/C18H14O8S/c19-17(20)11-5-13-1-7-15(8-2-13)25-18(21)12-6-14-3-9-16(10-4-14)26-27(22,23)24/h1-12H,(H,19,20)(H,22,23,24)/b11-5+,12-6+. The molecule has 0 radical (unpaired) electrons. The first-order valence-corrected chi connectivity index (χ1v) is 8.76. The number of rotatable bonds is 7. The molecule has 0 saturated heterocycles. The number of carboxylic acids is 1. The van der Waals surface area contributed by atoms with Gasteiger partial charge in [0.2, 0.25) is 0 Å². The molecule has 0 atom stereocenters. The van der Waals surface area contributed by atoms with E-state index in [1.165, 1.54) is 54.6 Å². The van der Waals surface area contributed by atoms with Crippen molar-refractivity contribution in [2.24, 2.45) is 0 Å². The molecular weight excluding hydrogens is 376 g/mol. The molecule has 0 spiro atoms. The summed E-state index contributed by atoms with van der Waals surface area (Å²) in [5.74, 6) is -1.49. The number of carboxylic acid groups (broad SMARTS) is 1. The monoisotopic (exact) mass is 390 g/mol. The van der Waals surface area contributed by atoms with Gasteiger partial charge < -0.3 is 14.0 Å². The Balaban J connectivity index is 1.94. The van der Waals surface area contributed by atoms with Gasteiger partial charge in [0.15, 0.2) is 0 Å². The first-order valence-electron chi connectivity index (χ1n) is 7.39. The largest absolute Gasteiger partial charge is 0.478 e. The van der Waals surface area contributed by atoms with Gasteiger partial charge in [0.05, 0.1) is 0 Å². The Kier molecular flexibility index (Phi) is 6.47. The van der Waals surface area contributed by atoms with Crippen LogP contribution in [0.4, 0.5) is 0 Å². The average Bonchev–Trinajstić information content (AvgIpc) is 2.59. The molecular formula is C18H14O8S. The number of carbonyl (C=O) groups excluding carboxylic acids is 1. The predicted molar refractivity (Wildman–Crippen MR) is 96.4 cm³/mol. The highest BCUT2D eigenvalue weighted by atomic mass is 32.3. The lowest BCUT2D eigenvalue weighted by molar-refractivity contribution is -0.131. The van der Waals surface area contributed by atoms with Crippen LogP contribution in [0.5, 0.6) is 11.5 Å². The van der Waals surface area contributed by atoms with Crippen LogP contribution in [-0.4, -0.2) is 30.0 Å². The minimum Gasteiger partial charge on any atom is -0.478 e. The Bertz CT molecular complexity index is 971. The van der Waals surface area contributed by atoms with Crippen molar-refractivity contribution in [3.63, 3.8) is 0 Å². The SMILES string of the molecule is O=C(O)/C=C/c1ccc(OC(=O)/C=C/c2ccc(OS(=O)(=O)O)cc2)cc1. The van der Waals surface area contributed by atoms with Crippen molar-refractivity contribution in [1.29, 1.82) is 0 Å². The van der Waals surface area contributed by atoms with Crippen molar-refractivity contribution in [2.45, 2.75) is 0 Å². The number of hydrogen-bond donors (Lipinski definition) is 2. The molecule has 0 amide bonds. The van der Waals surface area contributed by atoms with Gasteiger partial charge in [-0.05, 0) is 47.5 Å². The molecule has 0 saturated carbocycles. The number of hydrogen-bond acceptors (Lipinski definition) is 6. The van der Waals surface area contributed by atoms with E-state index in [4.69, 9.17) is 14.4 Å². The molecule has 0 unspecified atom stereocenters. The van der Waals surface area contributed by atoms with Gasteiger partial charge in [-0.15, -0.1) is 0 Å². The van der Waals surface area contributed by atoms with E-state index >= 15 is 0 Å². The highest BCUT2D eigenvalue weighted by Gasteiger charge is 2.06. The van der Waals surface area contributed by atoms with Crippen molar-refractivity contribution in [3.8, 4) is 11.5 Å². The summed E-state index contributed by atoms with van der Waals surface area (Å²) in [6.45, 7) is 0. The van der Waals surface area contributed by atoms with Crippen LogP contribution in [0.1, 0.15) is 11.1 Å². The molecule has 0 aliphatic rings. The van der Waals surface area contributed by atoms with Gasteiger partial charge in [0.1, 0.15) is 11.5 Å². The highest BCUT2D eigenvalue weighted by molar-refractivity contribution is 7.81. The second kappa shape index (κ2) is 8.79. The second-order valence-electron chi connectivity index (χ2n) is 5.08. The summed E-state index contributed by atoms with van der Waals surface area (Å²) in [6, 6.07) is 11.8. The van der Waals surface area contributed by atoms with E-state index in [-0.39, 0.29) is 11.5 Å². The van der Waals surface area contributed by atoms with E-state index in [0.29, 0.717) is 11.1 Å². The van der Waals surface area contributed by atoms with Crippen molar-refractivity contribution in [2.75, 3.05) is 0 Å². The van der Waals surface area contributed by atoms with Crippen LogP contribution in [0.2, 0.25) is 0 Å². The van der Waals surface area contributed by atoms with Crippen LogP contribution in [0.15, 0.2) is 60.7 Å². The molecule has 140 valence electrons. The topological polar surface area (TPSA) is 127 Å². The summed E-state index contributed by atoms with van der Waals surface area (Å²) in [4.78, 5) is 22.2. The number of aliphatic carboxylic acids is 1. The number of esters is 1. The fraction of sp³-hybridized carbons (Fsp3) is 0. The third-order valence-corrected chi connectivity index (χ3v) is 3.41.